The van der Waals surface area contributed by atoms with Crippen LogP contribution in [0.3, 0.4) is 0 Å². The number of nitrogens with zero attached hydrogens (tertiary/aromatic N) is 4. The lowest BCUT2D eigenvalue weighted by atomic mass is 10.1. The second-order valence-corrected chi connectivity index (χ2v) is 4.92. The fourth-order valence-corrected chi connectivity index (χ4v) is 2.28. The van der Waals surface area contributed by atoms with Crippen LogP contribution in [0.4, 0.5) is 0 Å². The van der Waals surface area contributed by atoms with Gasteiger partial charge in [0.2, 0.25) is 0 Å². The smallest absolute Gasteiger partial charge is 0.0876 e. The fourth-order valence-electron chi connectivity index (χ4n) is 2.28. The Labute approximate surface area is 113 Å². The molecular weight excluding hydrogens is 240 g/mol. The minimum absolute atomic E-state index is 0.448. The summed E-state index contributed by atoms with van der Waals surface area (Å²) in [5, 5.41) is 18.8. The molecule has 2 aromatic rings. The van der Waals surface area contributed by atoms with Crippen LogP contribution in [0.1, 0.15) is 50.1 Å². The van der Waals surface area contributed by atoms with Gasteiger partial charge in [-0.3, -0.25) is 9.36 Å². The summed E-state index contributed by atoms with van der Waals surface area (Å²) in [7, 11) is 1.85. The average molecular weight is 262 g/mol. The SMILES string of the molecule is CCC(CC)n1ccc(CC(O)c2cnn(C)c2)n1. The van der Waals surface area contributed by atoms with E-state index in [0.717, 1.165) is 24.1 Å². The van der Waals surface area contributed by atoms with Gasteiger partial charge >= 0.3 is 0 Å². The molecule has 5 nitrogen and oxygen atoms in total. The minimum atomic E-state index is -0.543. The van der Waals surface area contributed by atoms with Gasteiger partial charge in [0.25, 0.3) is 0 Å². The molecule has 0 fully saturated rings. The van der Waals surface area contributed by atoms with Crippen molar-refractivity contribution in [3.63, 3.8) is 0 Å². The molecular formula is C14H22N4O. The van der Waals surface area contributed by atoms with E-state index in [9.17, 15) is 5.11 Å². The lowest BCUT2D eigenvalue weighted by Gasteiger charge is -2.12. The third-order valence-corrected chi connectivity index (χ3v) is 3.49. The Kier molecular flexibility index (Phi) is 4.37. The highest BCUT2D eigenvalue weighted by Gasteiger charge is 2.14. The van der Waals surface area contributed by atoms with Gasteiger partial charge in [-0.05, 0) is 18.9 Å². The summed E-state index contributed by atoms with van der Waals surface area (Å²) in [6.45, 7) is 4.33. The topological polar surface area (TPSA) is 55.9 Å². The molecule has 1 N–H and O–H groups in total. The Morgan fingerprint density at radius 1 is 1.32 bits per heavy atom. The summed E-state index contributed by atoms with van der Waals surface area (Å²) < 4.78 is 3.70. The van der Waals surface area contributed by atoms with Crippen LogP contribution in [-0.2, 0) is 13.5 Å². The third kappa shape index (κ3) is 3.23. The van der Waals surface area contributed by atoms with Gasteiger partial charge in [-0.25, -0.2) is 0 Å². The molecule has 104 valence electrons. The normalized spacial score (nSPS) is 13.1. The van der Waals surface area contributed by atoms with Gasteiger partial charge in [0.05, 0.1) is 24.0 Å². The van der Waals surface area contributed by atoms with Crippen molar-refractivity contribution in [2.24, 2.45) is 7.05 Å². The van der Waals surface area contributed by atoms with Crippen molar-refractivity contribution in [3.8, 4) is 0 Å². The lowest BCUT2D eigenvalue weighted by Crippen LogP contribution is -2.09. The van der Waals surface area contributed by atoms with Crippen LogP contribution in [0.5, 0.6) is 0 Å². The van der Waals surface area contributed by atoms with Crippen molar-refractivity contribution >= 4 is 0 Å². The van der Waals surface area contributed by atoms with Crippen LogP contribution in [0.15, 0.2) is 24.7 Å². The molecule has 2 heterocycles. The van der Waals surface area contributed by atoms with E-state index in [0.29, 0.717) is 12.5 Å². The second-order valence-electron chi connectivity index (χ2n) is 4.92. The zero-order valence-corrected chi connectivity index (χ0v) is 11.8. The maximum Gasteiger partial charge on any atom is 0.0876 e. The van der Waals surface area contributed by atoms with Crippen molar-refractivity contribution in [3.05, 3.63) is 35.9 Å². The quantitative estimate of drug-likeness (QED) is 0.868. The van der Waals surface area contributed by atoms with Gasteiger partial charge in [-0.1, -0.05) is 13.8 Å². The van der Waals surface area contributed by atoms with E-state index in [4.69, 9.17) is 0 Å². The number of hydrogen-bond acceptors (Lipinski definition) is 3. The summed E-state index contributed by atoms with van der Waals surface area (Å²) in [6.07, 6.45) is 7.66. The molecule has 0 aromatic carbocycles. The lowest BCUT2D eigenvalue weighted by molar-refractivity contribution is 0.176. The number of aryl methyl sites for hydroxylation is 1. The molecule has 0 spiro atoms. The summed E-state index contributed by atoms with van der Waals surface area (Å²) in [6, 6.07) is 2.43. The van der Waals surface area contributed by atoms with Crippen molar-refractivity contribution in [2.75, 3.05) is 0 Å². The van der Waals surface area contributed by atoms with Gasteiger partial charge in [-0.15, -0.1) is 0 Å². The molecule has 0 aliphatic carbocycles. The van der Waals surface area contributed by atoms with Crippen LogP contribution in [0, 0.1) is 0 Å². The van der Waals surface area contributed by atoms with E-state index < -0.39 is 6.10 Å². The fraction of sp³-hybridized carbons (Fsp3) is 0.571. The molecule has 0 bridgehead atoms. The van der Waals surface area contributed by atoms with E-state index in [2.05, 4.69) is 24.0 Å². The Morgan fingerprint density at radius 2 is 2.05 bits per heavy atom. The molecule has 0 aliphatic heterocycles. The predicted octanol–water partition coefficient (Wildman–Crippen LogP) is 2.25. The molecule has 5 heteroatoms. The van der Waals surface area contributed by atoms with E-state index in [-0.39, 0.29) is 0 Å². The summed E-state index contributed by atoms with van der Waals surface area (Å²) >= 11 is 0. The standard InChI is InChI=1S/C14H22N4O/c1-4-13(5-2)18-7-6-12(16-18)8-14(19)11-9-15-17(3)10-11/h6-7,9-10,13-14,19H,4-5,8H2,1-3H3. The molecule has 0 saturated heterocycles. The molecule has 1 unspecified atom stereocenters. The molecule has 0 radical (unpaired) electrons. The molecule has 0 amide bonds. The maximum absolute atomic E-state index is 10.1. The molecule has 1 atom stereocenters. The first-order valence-corrected chi connectivity index (χ1v) is 6.84. The van der Waals surface area contributed by atoms with Crippen LogP contribution >= 0.6 is 0 Å². The van der Waals surface area contributed by atoms with Crippen molar-refractivity contribution in [1.82, 2.24) is 19.6 Å². The van der Waals surface area contributed by atoms with Crippen LogP contribution in [0.2, 0.25) is 0 Å². The zero-order chi connectivity index (χ0) is 13.8. The minimum Gasteiger partial charge on any atom is -0.388 e. The third-order valence-electron chi connectivity index (χ3n) is 3.49. The Bertz CT molecular complexity index is 513. The van der Waals surface area contributed by atoms with Gasteiger partial charge in [0, 0.05) is 31.4 Å². The van der Waals surface area contributed by atoms with E-state index >= 15 is 0 Å². The van der Waals surface area contributed by atoms with E-state index in [1.54, 1.807) is 10.9 Å². The van der Waals surface area contributed by atoms with Gasteiger partial charge in [0.1, 0.15) is 0 Å². The van der Waals surface area contributed by atoms with E-state index in [1.165, 1.54) is 0 Å². The van der Waals surface area contributed by atoms with Crippen LogP contribution in [-0.4, -0.2) is 24.7 Å². The van der Waals surface area contributed by atoms with Gasteiger partial charge < -0.3 is 5.11 Å². The van der Waals surface area contributed by atoms with Crippen LogP contribution < -0.4 is 0 Å². The maximum atomic E-state index is 10.1. The zero-order valence-electron chi connectivity index (χ0n) is 11.8. The monoisotopic (exact) mass is 262 g/mol. The highest BCUT2D eigenvalue weighted by atomic mass is 16.3. The first-order chi connectivity index (χ1) is 9.13. The summed E-state index contributed by atoms with van der Waals surface area (Å²) in [5.41, 5.74) is 1.75. The molecule has 2 rings (SSSR count). The Hall–Kier alpha value is -1.62. The second kappa shape index (κ2) is 6.02. The largest absolute Gasteiger partial charge is 0.388 e. The molecule has 0 saturated carbocycles. The Balaban J connectivity index is 2.03. The predicted molar refractivity (Wildman–Crippen MR) is 73.7 cm³/mol. The first-order valence-electron chi connectivity index (χ1n) is 6.84. The molecule has 19 heavy (non-hydrogen) atoms. The molecule has 2 aromatic heterocycles. The summed E-state index contributed by atoms with van der Waals surface area (Å²) in [5.74, 6) is 0. The van der Waals surface area contributed by atoms with Crippen LogP contribution in [0.25, 0.3) is 0 Å². The number of hydrogen-bond donors (Lipinski definition) is 1. The van der Waals surface area contributed by atoms with Gasteiger partial charge in [0.15, 0.2) is 0 Å². The number of aliphatic hydroxyl groups is 1. The highest BCUT2D eigenvalue weighted by molar-refractivity contribution is 5.12. The summed E-state index contributed by atoms with van der Waals surface area (Å²) in [4.78, 5) is 0. The Morgan fingerprint density at radius 3 is 2.63 bits per heavy atom. The van der Waals surface area contributed by atoms with E-state index in [1.807, 2.05) is 30.2 Å². The number of aromatic nitrogens is 4. The number of rotatable bonds is 6. The van der Waals surface area contributed by atoms with Crippen molar-refractivity contribution in [1.29, 1.82) is 0 Å². The highest BCUT2D eigenvalue weighted by Crippen LogP contribution is 2.19. The van der Waals surface area contributed by atoms with Crippen molar-refractivity contribution < 1.29 is 5.11 Å². The first kappa shape index (κ1) is 13.8. The van der Waals surface area contributed by atoms with Crippen molar-refractivity contribution in [2.45, 2.75) is 45.3 Å². The average Bonchev–Trinajstić information content (AvgIpc) is 3.00. The molecule has 0 aliphatic rings. The van der Waals surface area contributed by atoms with Gasteiger partial charge in [-0.2, -0.15) is 10.2 Å². The number of aliphatic hydroxyl groups excluding tert-OH is 1.